The molecule has 6 aliphatic heterocycles. The molecule has 0 radical (unpaired) electrons. The van der Waals surface area contributed by atoms with Gasteiger partial charge in [-0.3, -0.25) is 0 Å². The number of anilines is 6. The normalized spacial score (nSPS) is 17.1. The predicted octanol–water partition coefficient (Wildman–Crippen LogP) is 6.15. The smallest absolute Gasteiger partial charge is 0.252 e. The Balaban J connectivity index is 1.24. The zero-order valence-electron chi connectivity index (χ0n) is 29.8. The number of nitrogens with zero attached hydrogens (tertiary/aromatic N) is 2. The van der Waals surface area contributed by atoms with Crippen molar-refractivity contribution in [3.8, 4) is 46.0 Å². The summed E-state index contributed by atoms with van der Waals surface area (Å²) in [6.07, 6.45) is 0. The summed E-state index contributed by atoms with van der Waals surface area (Å²) in [6, 6.07) is 25.7. The van der Waals surface area contributed by atoms with Gasteiger partial charge in [-0.1, -0.05) is 20.8 Å². The Morgan fingerprint density at radius 2 is 0.774 bits per heavy atom. The van der Waals surface area contributed by atoms with Gasteiger partial charge in [0.1, 0.15) is 52.9 Å². The van der Waals surface area contributed by atoms with E-state index in [0.29, 0.717) is 52.9 Å². The monoisotopic (exact) mass is 708 g/mol. The quantitative estimate of drug-likeness (QED) is 0.195. The molecule has 0 N–H and O–H groups in total. The van der Waals surface area contributed by atoms with Crippen LogP contribution in [0.3, 0.4) is 0 Å². The van der Waals surface area contributed by atoms with Gasteiger partial charge in [0, 0.05) is 47.0 Å². The Morgan fingerprint density at radius 1 is 0.415 bits per heavy atom. The summed E-state index contributed by atoms with van der Waals surface area (Å²) in [5.41, 5.74) is 10.4. The maximum atomic E-state index is 6.26. The van der Waals surface area contributed by atoms with E-state index in [-0.39, 0.29) is 12.1 Å². The zero-order valence-corrected chi connectivity index (χ0v) is 29.8. The van der Waals surface area contributed by atoms with Crippen LogP contribution in [0.15, 0.2) is 72.8 Å². The van der Waals surface area contributed by atoms with Crippen molar-refractivity contribution in [2.75, 3.05) is 62.7 Å². The lowest BCUT2D eigenvalue weighted by atomic mass is 9.33. The highest BCUT2D eigenvalue weighted by Gasteiger charge is 2.46. The fourth-order valence-corrected chi connectivity index (χ4v) is 8.40. The van der Waals surface area contributed by atoms with Crippen LogP contribution >= 0.6 is 0 Å². The molecule has 5 aromatic rings. The summed E-state index contributed by atoms with van der Waals surface area (Å²) >= 11 is 0. The lowest BCUT2D eigenvalue weighted by molar-refractivity contribution is 0.171. The molecule has 6 heterocycles. The van der Waals surface area contributed by atoms with Crippen molar-refractivity contribution in [3.63, 3.8) is 0 Å². The maximum Gasteiger partial charge on any atom is 0.252 e. The van der Waals surface area contributed by atoms with Crippen molar-refractivity contribution >= 4 is 57.2 Å². The number of hydrogen-bond donors (Lipinski definition) is 0. The molecule has 0 atom stereocenters. The molecule has 6 aliphatic rings. The number of benzene rings is 5. The molecule has 0 saturated carbocycles. The Bertz CT molecular complexity index is 2200. The average molecular weight is 709 g/mol. The second-order valence-electron chi connectivity index (χ2n) is 15.0. The minimum atomic E-state index is -0.182. The second kappa shape index (κ2) is 11.3. The molecule has 10 nitrogen and oxygen atoms in total. The van der Waals surface area contributed by atoms with Crippen LogP contribution in [0, 0.1) is 0 Å². The summed E-state index contributed by atoms with van der Waals surface area (Å²) in [7, 11) is 0. The van der Waals surface area contributed by atoms with E-state index >= 15 is 0 Å². The number of fused-ring (bicyclic) bond motifs is 8. The molecule has 0 aromatic heterocycles. The van der Waals surface area contributed by atoms with Crippen molar-refractivity contribution in [2.45, 2.75) is 26.2 Å². The lowest BCUT2D eigenvalue weighted by Crippen LogP contribution is -2.61. The van der Waals surface area contributed by atoms with Gasteiger partial charge in [-0.25, -0.2) is 0 Å². The summed E-state index contributed by atoms with van der Waals surface area (Å²) in [6.45, 7) is 10.6. The van der Waals surface area contributed by atoms with Crippen LogP contribution in [0.4, 0.5) is 34.1 Å². The van der Waals surface area contributed by atoms with Gasteiger partial charge in [-0.2, -0.15) is 0 Å². The lowest BCUT2D eigenvalue weighted by Gasteiger charge is -2.45. The Kier molecular flexibility index (Phi) is 6.58. The van der Waals surface area contributed by atoms with Gasteiger partial charge < -0.3 is 47.7 Å². The molecule has 11 rings (SSSR count). The molecule has 5 aromatic carbocycles. The van der Waals surface area contributed by atoms with E-state index in [2.05, 4.69) is 91.2 Å². The largest absolute Gasteiger partial charge is 0.486 e. The topological polar surface area (TPSA) is 80.3 Å². The first kappa shape index (κ1) is 30.8. The van der Waals surface area contributed by atoms with Gasteiger partial charge in [0.2, 0.25) is 0 Å². The van der Waals surface area contributed by atoms with Gasteiger partial charge >= 0.3 is 0 Å². The highest BCUT2D eigenvalue weighted by Crippen LogP contribution is 2.51. The third-order valence-electron chi connectivity index (χ3n) is 10.8. The standard InChI is InChI=1S/C42H37BN2O8/c1-42(2,3)24-16-31-41-32(17-24)45(26-5-7-34-36(19-26)49-11-9-47-34)30-23-40-38(51-13-15-53-40)21-28(30)43(41)27-20-37-39(52-14-12-50-37)22-29(27)44(31)25-4-6-33-35(18-25)48-10-8-46-33/h4-7,16-23H,8-15H2,1-3H3. The van der Waals surface area contributed by atoms with Crippen LogP contribution < -0.4 is 64.1 Å². The molecule has 0 amide bonds. The number of rotatable bonds is 2. The van der Waals surface area contributed by atoms with Crippen molar-refractivity contribution in [1.82, 2.24) is 0 Å². The summed E-state index contributed by atoms with van der Waals surface area (Å²) in [5.74, 6) is 5.87. The van der Waals surface area contributed by atoms with Gasteiger partial charge in [-0.15, -0.1) is 0 Å². The minimum Gasteiger partial charge on any atom is -0.486 e. The second-order valence-corrected chi connectivity index (χ2v) is 15.0. The Hall–Kier alpha value is -5.84. The number of hydrogen-bond acceptors (Lipinski definition) is 10. The van der Waals surface area contributed by atoms with E-state index < -0.39 is 0 Å². The van der Waals surface area contributed by atoms with Crippen LogP contribution in [0.2, 0.25) is 0 Å². The highest BCUT2D eigenvalue weighted by molar-refractivity contribution is 7.00. The van der Waals surface area contributed by atoms with E-state index in [1.165, 1.54) is 5.56 Å². The summed E-state index contributed by atoms with van der Waals surface area (Å²) in [5, 5.41) is 0. The van der Waals surface area contributed by atoms with E-state index in [9.17, 15) is 0 Å². The average Bonchev–Trinajstić information content (AvgIpc) is 3.18. The predicted molar refractivity (Wildman–Crippen MR) is 203 cm³/mol. The van der Waals surface area contributed by atoms with Crippen molar-refractivity contribution < 1.29 is 37.9 Å². The van der Waals surface area contributed by atoms with Crippen LogP contribution in [-0.4, -0.2) is 59.6 Å². The van der Waals surface area contributed by atoms with Gasteiger partial charge in [0.05, 0.1) is 11.4 Å². The SMILES string of the molecule is CC(C)(C)c1cc2c3c(c1)N(c1ccc4c(c1)OCCO4)c1cc4c(cc1B3c1cc3c(cc1N2c1ccc2c(c1)OCCO2)OCCO3)OCCO4. The molecule has 53 heavy (non-hydrogen) atoms. The Morgan fingerprint density at radius 3 is 1.17 bits per heavy atom. The van der Waals surface area contributed by atoms with E-state index in [4.69, 9.17) is 37.9 Å². The summed E-state index contributed by atoms with van der Waals surface area (Å²) in [4.78, 5) is 4.70. The maximum absolute atomic E-state index is 6.26. The molecule has 0 unspecified atom stereocenters. The van der Waals surface area contributed by atoms with Crippen molar-refractivity contribution in [3.05, 3.63) is 78.4 Å². The third kappa shape index (κ3) is 4.72. The Labute approximate surface area is 307 Å². The van der Waals surface area contributed by atoms with Crippen molar-refractivity contribution in [2.24, 2.45) is 0 Å². The fourth-order valence-electron chi connectivity index (χ4n) is 8.40. The van der Waals surface area contributed by atoms with Crippen LogP contribution in [0.5, 0.6) is 46.0 Å². The zero-order chi connectivity index (χ0) is 35.4. The van der Waals surface area contributed by atoms with Crippen molar-refractivity contribution in [1.29, 1.82) is 0 Å². The van der Waals surface area contributed by atoms with Crippen LogP contribution in [0.25, 0.3) is 0 Å². The molecule has 0 bridgehead atoms. The third-order valence-corrected chi connectivity index (χ3v) is 10.8. The molecule has 11 heteroatoms. The first-order chi connectivity index (χ1) is 25.9. The molecule has 0 fully saturated rings. The first-order valence-corrected chi connectivity index (χ1v) is 18.3. The summed E-state index contributed by atoms with van der Waals surface area (Å²) < 4.78 is 49.2. The van der Waals surface area contributed by atoms with Gasteiger partial charge in [0.15, 0.2) is 46.0 Å². The van der Waals surface area contributed by atoms with E-state index in [0.717, 1.165) is 96.5 Å². The van der Waals surface area contributed by atoms with Crippen LogP contribution in [0.1, 0.15) is 26.3 Å². The molecule has 266 valence electrons. The fraction of sp³-hybridized carbons (Fsp3) is 0.286. The molecule has 0 spiro atoms. The molecule has 0 saturated heterocycles. The number of ether oxygens (including phenoxy) is 8. The van der Waals surface area contributed by atoms with Gasteiger partial charge in [-0.05, 0) is 75.9 Å². The van der Waals surface area contributed by atoms with Crippen LogP contribution in [-0.2, 0) is 5.41 Å². The molecular weight excluding hydrogens is 671 g/mol. The van der Waals surface area contributed by atoms with E-state index in [1.807, 2.05) is 12.1 Å². The van der Waals surface area contributed by atoms with E-state index in [1.54, 1.807) is 0 Å². The first-order valence-electron chi connectivity index (χ1n) is 18.3. The van der Waals surface area contributed by atoms with Gasteiger partial charge in [0.25, 0.3) is 6.71 Å². The minimum absolute atomic E-state index is 0.174. The molecular formula is C42H37BN2O8. The highest BCUT2D eigenvalue weighted by atomic mass is 16.6. The molecule has 0 aliphatic carbocycles.